The highest BCUT2D eigenvalue weighted by atomic mass is 19.3. The lowest BCUT2D eigenvalue weighted by Gasteiger charge is -2.17. The van der Waals surface area contributed by atoms with E-state index in [-0.39, 0.29) is 11.8 Å². The van der Waals surface area contributed by atoms with Crippen LogP contribution in [0.3, 0.4) is 0 Å². The van der Waals surface area contributed by atoms with Crippen LogP contribution in [0.2, 0.25) is 0 Å². The maximum Gasteiger partial charge on any atom is 0.332 e. The van der Waals surface area contributed by atoms with Gasteiger partial charge in [0.1, 0.15) is 0 Å². The highest BCUT2D eigenvalue weighted by Crippen LogP contribution is 2.24. The Labute approximate surface area is 116 Å². The Bertz CT molecular complexity index is 526. The SMILES string of the molecule is N/C=C1/CCCCC(N)c2cc(ccn2)/C1=N\C(F)F. The zero-order valence-electron chi connectivity index (χ0n) is 11.1. The number of allylic oxidation sites excluding steroid dienone is 1. The van der Waals surface area contributed by atoms with E-state index in [0.29, 0.717) is 23.3 Å². The third-order valence-corrected chi connectivity index (χ3v) is 3.38. The summed E-state index contributed by atoms with van der Waals surface area (Å²) in [6.07, 6.45) is 6.10. The molecule has 1 aromatic rings. The Morgan fingerprint density at radius 3 is 2.90 bits per heavy atom. The third-order valence-electron chi connectivity index (χ3n) is 3.38. The van der Waals surface area contributed by atoms with E-state index in [1.165, 1.54) is 6.20 Å². The molecule has 0 radical (unpaired) electrons. The fourth-order valence-corrected chi connectivity index (χ4v) is 2.35. The minimum Gasteiger partial charge on any atom is -0.404 e. The average molecular weight is 280 g/mol. The molecule has 1 atom stereocenters. The fourth-order valence-electron chi connectivity index (χ4n) is 2.35. The third kappa shape index (κ3) is 3.39. The van der Waals surface area contributed by atoms with Gasteiger partial charge in [0.2, 0.25) is 0 Å². The Morgan fingerprint density at radius 2 is 2.20 bits per heavy atom. The van der Waals surface area contributed by atoms with Crippen LogP contribution in [0.4, 0.5) is 8.78 Å². The smallest absolute Gasteiger partial charge is 0.332 e. The molecule has 4 nitrogen and oxygen atoms in total. The molecule has 0 saturated carbocycles. The molecule has 0 saturated heterocycles. The van der Waals surface area contributed by atoms with Crippen molar-refractivity contribution in [3.63, 3.8) is 0 Å². The van der Waals surface area contributed by atoms with Gasteiger partial charge < -0.3 is 11.5 Å². The lowest BCUT2D eigenvalue weighted by atomic mass is 9.94. The lowest BCUT2D eigenvalue weighted by Crippen LogP contribution is -2.16. The van der Waals surface area contributed by atoms with E-state index in [1.807, 2.05) is 0 Å². The van der Waals surface area contributed by atoms with Crippen LogP contribution < -0.4 is 11.5 Å². The van der Waals surface area contributed by atoms with Gasteiger partial charge in [0, 0.05) is 17.8 Å². The van der Waals surface area contributed by atoms with Crippen LogP contribution in [0.15, 0.2) is 35.1 Å². The molecule has 0 aromatic carbocycles. The van der Waals surface area contributed by atoms with Crippen molar-refractivity contribution in [1.29, 1.82) is 0 Å². The summed E-state index contributed by atoms with van der Waals surface area (Å²) in [5.41, 5.74) is 13.8. The quantitative estimate of drug-likeness (QED) is 0.776. The monoisotopic (exact) mass is 280 g/mol. The van der Waals surface area contributed by atoms with Crippen molar-refractivity contribution < 1.29 is 8.78 Å². The summed E-state index contributed by atoms with van der Waals surface area (Å²) in [5.74, 6) is 0. The molecule has 0 aliphatic heterocycles. The maximum absolute atomic E-state index is 12.7. The number of aliphatic imine (C=N–C) groups is 1. The van der Waals surface area contributed by atoms with Crippen molar-refractivity contribution in [2.75, 3.05) is 0 Å². The van der Waals surface area contributed by atoms with E-state index < -0.39 is 6.55 Å². The molecule has 1 aliphatic rings. The standard InChI is InChI=1S/C14H18F2N4/c15-14(16)20-13-9-5-6-19-12(7-9)11(18)4-2-1-3-10(13)8-17/h5-8,11,14H,1-4,17-18H2/b10-8-,20-13+. The van der Waals surface area contributed by atoms with Crippen LogP contribution in [-0.2, 0) is 0 Å². The number of aromatic nitrogens is 1. The highest BCUT2D eigenvalue weighted by Gasteiger charge is 2.17. The van der Waals surface area contributed by atoms with Gasteiger partial charge in [0.25, 0.3) is 0 Å². The van der Waals surface area contributed by atoms with Crippen LogP contribution in [-0.4, -0.2) is 17.2 Å². The summed E-state index contributed by atoms with van der Waals surface area (Å²) in [4.78, 5) is 7.64. The van der Waals surface area contributed by atoms with Crippen molar-refractivity contribution in [3.05, 3.63) is 41.4 Å². The maximum atomic E-state index is 12.7. The summed E-state index contributed by atoms with van der Waals surface area (Å²) in [6, 6.07) is 3.20. The molecule has 4 N–H and O–H groups in total. The van der Waals surface area contributed by atoms with Gasteiger partial charge in [-0.2, -0.15) is 8.78 Å². The van der Waals surface area contributed by atoms with Gasteiger partial charge in [-0.25, -0.2) is 4.99 Å². The second-order valence-corrected chi connectivity index (χ2v) is 4.77. The molecule has 1 aromatic heterocycles. The molecular weight excluding hydrogens is 262 g/mol. The highest BCUT2D eigenvalue weighted by molar-refractivity contribution is 6.12. The van der Waals surface area contributed by atoms with E-state index >= 15 is 0 Å². The number of halogens is 2. The molecule has 1 aliphatic carbocycles. The van der Waals surface area contributed by atoms with Gasteiger partial charge >= 0.3 is 6.55 Å². The van der Waals surface area contributed by atoms with Gasteiger partial charge in [-0.05, 0) is 43.2 Å². The molecule has 20 heavy (non-hydrogen) atoms. The van der Waals surface area contributed by atoms with Crippen LogP contribution in [0.5, 0.6) is 0 Å². The first-order valence-electron chi connectivity index (χ1n) is 6.61. The van der Waals surface area contributed by atoms with E-state index in [2.05, 4.69) is 9.98 Å². The van der Waals surface area contributed by atoms with E-state index in [9.17, 15) is 8.78 Å². The van der Waals surface area contributed by atoms with Gasteiger partial charge in [-0.15, -0.1) is 0 Å². The predicted molar refractivity (Wildman–Crippen MR) is 74.4 cm³/mol. The number of nitrogens with two attached hydrogens (primary N) is 2. The summed E-state index contributed by atoms with van der Waals surface area (Å²) in [6.45, 7) is -2.77. The molecule has 6 heteroatoms. The van der Waals surface area contributed by atoms with E-state index in [4.69, 9.17) is 11.5 Å². The molecule has 2 rings (SSSR count). The summed E-state index contributed by atoms with van der Waals surface area (Å²) in [5, 5.41) is 0. The van der Waals surface area contributed by atoms with Gasteiger partial charge in [-0.1, -0.05) is 6.42 Å². The second kappa shape index (κ2) is 6.56. The summed E-state index contributed by atoms with van der Waals surface area (Å²) >= 11 is 0. The largest absolute Gasteiger partial charge is 0.404 e. The summed E-state index contributed by atoms with van der Waals surface area (Å²) < 4.78 is 25.4. The van der Waals surface area contributed by atoms with Crippen LogP contribution in [0.25, 0.3) is 0 Å². The van der Waals surface area contributed by atoms with Crippen LogP contribution >= 0.6 is 0 Å². The fraction of sp³-hybridized carbons (Fsp3) is 0.429. The van der Waals surface area contributed by atoms with Crippen LogP contribution in [0.1, 0.15) is 43.0 Å². The molecule has 0 fully saturated rings. The number of fused-ring (bicyclic) bond motifs is 2. The number of rotatable bonds is 1. The Kier molecular flexibility index (Phi) is 4.79. The Morgan fingerprint density at radius 1 is 1.40 bits per heavy atom. The van der Waals surface area contributed by atoms with Crippen molar-refractivity contribution in [2.45, 2.75) is 38.3 Å². The second-order valence-electron chi connectivity index (χ2n) is 4.77. The summed E-state index contributed by atoms with van der Waals surface area (Å²) in [7, 11) is 0. The molecule has 2 bridgehead atoms. The minimum atomic E-state index is -2.77. The van der Waals surface area contributed by atoms with Crippen molar-refractivity contribution in [3.8, 4) is 0 Å². The van der Waals surface area contributed by atoms with E-state index in [1.54, 1.807) is 18.3 Å². The van der Waals surface area contributed by atoms with Crippen molar-refractivity contribution in [2.24, 2.45) is 16.5 Å². The van der Waals surface area contributed by atoms with Crippen LogP contribution in [0, 0.1) is 0 Å². The van der Waals surface area contributed by atoms with Gasteiger partial charge in [0.05, 0.1) is 11.4 Å². The van der Waals surface area contributed by atoms with E-state index in [0.717, 1.165) is 19.3 Å². The first-order valence-corrected chi connectivity index (χ1v) is 6.61. The predicted octanol–water partition coefficient (Wildman–Crippen LogP) is 2.51. The van der Waals surface area contributed by atoms with Crippen molar-refractivity contribution >= 4 is 5.71 Å². The normalized spacial score (nSPS) is 24.3. The number of alkyl halides is 2. The first-order chi connectivity index (χ1) is 9.61. The number of nitrogens with zero attached hydrogens (tertiary/aromatic N) is 2. The van der Waals surface area contributed by atoms with Gasteiger partial charge in [-0.3, -0.25) is 4.98 Å². The minimum absolute atomic E-state index is 0.175. The molecule has 0 amide bonds. The lowest BCUT2D eigenvalue weighted by molar-refractivity contribution is 0.160. The zero-order chi connectivity index (χ0) is 14.5. The molecule has 1 heterocycles. The Balaban J connectivity index is 2.52. The number of hydrogen-bond donors (Lipinski definition) is 2. The number of hydrogen-bond acceptors (Lipinski definition) is 4. The van der Waals surface area contributed by atoms with Gasteiger partial charge in [0.15, 0.2) is 0 Å². The first kappa shape index (κ1) is 14.6. The van der Waals surface area contributed by atoms with Crippen molar-refractivity contribution in [1.82, 2.24) is 4.98 Å². The average Bonchev–Trinajstić information content (AvgIpc) is 2.44. The number of pyridine rings is 1. The molecule has 0 spiro atoms. The molecular formula is C14H18F2N4. The Hall–Kier alpha value is -1.82. The zero-order valence-corrected chi connectivity index (χ0v) is 11.1. The topological polar surface area (TPSA) is 77.3 Å². The molecule has 108 valence electrons. The molecule has 1 unspecified atom stereocenters.